The van der Waals surface area contributed by atoms with Crippen LogP contribution in [0.3, 0.4) is 0 Å². The Morgan fingerprint density at radius 2 is 2.38 bits per heavy atom. The Hall–Kier alpha value is -0.360. The van der Waals surface area contributed by atoms with E-state index >= 15 is 0 Å². The van der Waals surface area contributed by atoms with Crippen molar-refractivity contribution in [2.75, 3.05) is 0 Å². The molecule has 0 amide bonds. The van der Waals surface area contributed by atoms with E-state index in [-0.39, 0.29) is 6.42 Å². The molecule has 0 radical (unpaired) electrons. The molecule has 1 fully saturated rings. The van der Waals surface area contributed by atoms with Gasteiger partial charge in [-0.2, -0.15) is 5.26 Å². The molecule has 0 aliphatic carbocycles. The Bertz CT molecular complexity index is 143. The predicted octanol–water partition coefficient (Wildman–Crippen LogP) is 0.663. The van der Waals surface area contributed by atoms with Crippen LogP contribution in [0.1, 0.15) is 6.42 Å². The largest absolute Gasteiger partial charge is 0.323 e. The molecule has 0 bridgehead atoms. The van der Waals surface area contributed by atoms with Crippen molar-refractivity contribution in [3.8, 4) is 6.07 Å². The predicted molar refractivity (Wildman–Crippen MR) is 25.2 cm³/mol. The summed E-state index contributed by atoms with van der Waals surface area (Å²) in [6, 6.07) is 1.82. The quantitative estimate of drug-likeness (QED) is 0.493. The Morgan fingerprint density at radius 3 is 2.75 bits per heavy atom. The molecule has 44 valence electrons. The van der Waals surface area contributed by atoms with E-state index in [1.807, 2.05) is 6.07 Å². The van der Waals surface area contributed by atoms with Crippen LogP contribution in [0.5, 0.6) is 0 Å². The van der Waals surface area contributed by atoms with Crippen molar-refractivity contribution >= 4 is 8.25 Å². The third-order valence-electron chi connectivity index (χ3n) is 0.713. The maximum Gasteiger partial charge on any atom is 0.323 e. The molecule has 0 atom stereocenters. The van der Waals surface area contributed by atoms with Crippen LogP contribution in [0.4, 0.5) is 0 Å². The smallest absolute Gasteiger partial charge is 0.279 e. The number of nitriles is 1. The lowest BCUT2D eigenvalue weighted by atomic mass is 10.5. The molecule has 1 heterocycles. The molecule has 0 unspecified atom stereocenters. The normalized spacial score (nSPS) is 35.4. The van der Waals surface area contributed by atoms with E-state index in [1.165, 1.54) is 0 Å². The van der Waals surface area contributed by atoms with Gasteiger partial charge in [-0.25, -0.2) is 0 Å². The average molecular weight is 133 g/mol. The second-order valence-electron chi connectivity index (χ2n) is 1.28. The zero-order chi connectivity index (χ0) is 5.98. The van der Waals surface area contributed by atoms with Gasteiger partial charge < -0.3 is 0 Å². The van der Waals surface area contributed by atoms with E-state index in [0.717, 1.165) is 0 Å². The molecule has 1 aliphatic heterocycles. The molecule has 1 aliphatic rings. The second-order valence-corrected chi connectivity index (χ2v) is 2.25. The van der Waals surface area contributed by atoms with Crippen molar-refractivity contribution in [3.63, 3.8) is 0 Å². The number of hydrogen-bond donors (Lipinski definition) is 0. The van der Waals surface area contributed by atoms with Gasteiger partial charge in [-0.15, -0.1) is 0 Å². The fourth-order valence-electron chi connectivity index (χ4n) is 0.381. The van der Waals surface area contributed by atoms with Gasteiger partial charge in [0, 0.05) is 0 Å². The maximum atomic E-state index is 10.0. The lowest BCUT2D eigenvalue weighted by Gasteiger charge is -2.22. The Balaban J connectivity index is 2.18. The van der Waals surface area contributed by atoms with Crippen LogP contribution in [-0.2, 0) is 13.6 Å². The molecule has 0 N–H and O–H groups in total. The highest BCUT2D eigenvalue weighted by atomic mass is 31.1. The molecular weight excluding hydrogens is 129 g/mol. The van der Waals surface area contributed by atoms with Gasteiger partial charge in [0.05, 0.1) is 12.5 Å². The molecule has 0 aromatic carbocycles. The summed E-state index contributed by atoms with van der Waals surface area (Å²) in [6.07, 6.45) is -0.359. The average Bonchev–Trinajstić information content (AvgIpc) is 1.64. The fraction of sp³-hybridized carbons (Fsp3) is 0.667. The fourth-order valence-corrected chi connectivity index (χ4v) is 0.995. The Kier molecular flexibility index (Phi) is 1.64. The van der Waals surface area contributed by atoms with E-state index in [4.69, 9.17) is 5.26 Å². The zero-order valence-corrected chi connectivity index (χ0v) is 4.96. The summed E-state index contributed by atoms with van der Waals surface area (Å²) in [7, 11) is -2.16. The van der Waals surface area contributed by atoms with Gasteiger partial charge in [-0.05, 0) is 0 Å². The van der Waals surface area contributed by atoms with Crippen LogP contribution >= 0.6 is 8.25 Å². The summed E-state index contributed by atoms with van der Waals surface area (Å²) < 4.78 is 19.0. The molecule has 0 spiro atoms. The third kappa shape index (κ3) is 1.07. The number of rotatable bonds is 1. The molecule has 0 saturated carbocycles. The van der Waals surface area contributed by atoms with Crippen molar-refractivity contribution in [3.05, 3.63) is 0 Å². The van der Waals surface area contributed by atoms with Gasteiger partial charge >= 0.3 is 8.25 Å². The van der Waals surface area contributed by atoms with Gasteiger partial charge in [0.25, 0.3) is 0 Å². The van der Waals surface area contributed by atoms with Crippen molar-refractivity contribution in [2.45, 2.75) is 12.7 Å². The second kappa shape index (κ2) is 2.27. The summed E-state index contributed by atoms with van der Waals surface area (Å²) in [6.45, 7) is 0. The summed E-state index contributed by atoms with van der Waals surface area (Å²) >= 11 is 0. The first kappa shape index (κ1) is 5.77. The van der Waals surface area contributed by atoms with Crippen LogP contribution in [0.25, 0.3) is 0 Å². The highest BCUT2D eigenvalue weighted by Gasteiger charge is 2.25. The van der Waals surface area contributed by atoms with Gasteiger partial charge in [0.1, 0.15) is 0 Å². The Morgan fingerprint density at radius 1 is 1.75 bits per heavy atom. The van der Waals surface area contributed by atoms with E-state index in [0.29, 0.717) is 0 Å². The SMILES string of the molecule is N#CCC1O[PH](=O)O1. The van der Waals surface area contributed by atoms with Crippen LogP contribution in [-0.4, -0.2) is 6.29 Å². The lowest BCUT2D eigenvalue weighted by molar-refractivity contribution is -0.0723. The molecule has 0 aromatic heterocycles. The number of hydrogen-bond acceptors (Lipinski definition) is 4. The minimum absolute atomic E-state index is 0.163. The zero-order valence-electron chi connectivity index (χ0n) is 3.96. The van der Waals surface area contributed by atoms with Gasteiger partial charge in [0.2, 0.25) is 0 Å². The molecule has 1 rings (SSSR count). The molecule has 1 saturated heterocycles. The van der Waals surface area contributed by atoms with Crippen LogP contribution in [0.15, 0.2) is 0 Å². The summed E-state index contributed by atoms with van der Waals surface area (Å²) in [4.78, 5) is 0. The summed E-state index contributed by atoms with van der Waals surface area (Å²) in [5.41, 5.74) is 0. The standard InChI is InChI=1S/C3H4NO3P/c4-2-1-3-6-8(5)7-3/h3,8H,1H2. The van der Waals surface area contributed by atoms with E-state index < -0.39 is 14.5 Å². The Labute approximate surface area is 47.0 Å². The highest BCUT2D eigenvalue weighted by Crippen LogP contribution is 2.40. The van der Waals surface area contributed by atoms with Crippen LogP contribution in [0.2, 0.25) is 0 Å². The molecule has 0 aromatic rings. The first-order valence-electron chi connectivity index (χ1n) is 2.07. The molecule has 8 heavy (non-hydrogen) atoms. The minimum Gasteiger partial charge on any atom is -0.279 e. The number of nitrogens with zero attached hydrogens (tertiary/aromatic N) is 1. The summed E-state index contributed by atoms with van der Waals surface area (Å²) in [5.74, 6) is 0. The first-order valence-corrected chi connectivity index (χ1v) is 3.29. The van der Waals surface area contributed by atoms with Gasteiger partial charge in [-0.3, -0.25) is 13.6 Å². The third-order valence-corrected chi connectivity index (χ3v) is 1.62. The van der Waals surface area contributed by atoms with E-state index in [9.17, 15) is 4.57 Å². The van der Waals surface area contributed by atoms with Gasteiger partial charge in [-0.1, -0.05) is 0 Å². The van der Waals surface area contributed by atoms with Crippen molar-refractivity contribution in [1.82, 2.24) is 0 Å². The molecule has 4 nitrogen and oxygen atoms in total. The maximum absolute atomic E-state index is 10.0. The molecular formula is C3H4NO3P. The van der Waals surface area contributed by atoms with Crippen molar-refractivity contribution in [1.29, 1.82) is 5.26 Å². The molecule has 5 heteroatoms. The summed E-state index contributed by atoms with van der Waals surface area (Å²) in [5, 5.41) is 7.99. The highest BCUT2D eigenvalue weighted by molar-refractivity contribution is 7.34. The van der Waals surface area contributed by atoms with Crippen molar-refractivity contribution < 1.29 is 13.6 Å². The minimum atomic E-state index is -2.16. The topological polar surface area (TPSA) is 59.3 Å². The van der Waals surface area contributed by atoms with Crippen LogP contribution in [0, 0.1) is 11.3 Å². The van der Waals surface area contributed by atoms with Gasteiger partial charge in [0.15, 0.2) is 6.29 Å². The lowest BCUT2D eigenvalue weighted by Crippen LogP contribution is -2.18. The van der Waals surface area contributed by atoms with E-state index in [1.54, 1.807) is 0 Å². The monoisotopic (exact) mass is 133 g/mol. The van der Waals surface area contributed by atoms with Crippen molar-refractivity contribution in [2.24, 2.45) is 0 Å². The first-order chi connectivity index (χ1) is 3.83. The van der Waals surface area contributed by atoms with E-state index in [2.05, 4.69) is 9.05 Å². The van der Waals surface area contributed by atoms with Crippen LogP contribution < -0.4 is 0 Å².